The zero-order valence-electron chi connectivity index (χ0n) is 11.4. The van der Waals surface area contributed by atoms with Crippen LogP contribution in [-0.4, -0.2) is 21.2 Å². The van der Waals surface area contributed by atoms with Gasteiger partial charge in [-0.1, -0.05) is 24.3 Å². The van der Waals surface area contributed by atoms with Crippen molar-refractivity contribution in [3.63, 3.8) is 0 Å². The third-order valence-electron chi connectivity index (χ3n) is 3.16. The Labute approximate surface area is 131 Å². The SMILES string of the molecule is O=C1NC(=O)/C(=C/c2ccnc(-c3ccc(CO)cc3)c2)S1. The van der Waals surface area contributed by atoms with E-state index in [4.69, 9.17) is 5.11 Å². The predicted octanol–water partition coefficient (Wildman–Crippen LogP) is 2.56. The lowest BCUT2D eigenvalue weighted by Gasteiger charge is -2.03. The zero-order valence-corrected chi connectivity index (χ0v) is 12.3. The molecule has 2 aromatic rings. The van der Waals surface area contributed by atoms with Crippen molar-refractivity contribution in [2.75, 3.05) is 0 Å². The highest BCUT2D eigenvalue weighted by molar-refractivity contribution is 8.18. The Morgan fingerprint density at radius 2 is 1.95 bits per heavy atom. The van der Waals surface area contributed by atoms with Crippen LogP contribution >= 0.6 is 11.8 Å². The summed E-state index contributed by atoms with van der Waals surface area (Å²) in [5.74, 6) is -0.374. The maximum Gasteiger partial charge on any atom is 0.290 e. The molecule has 2 heterocycles. The number of hydrogen-bond acceptors (Lipinski definition) is 5. The minimum Gasteiger partial charge on any atom is -0.392 e. The minimum absolute atomic E-state index is 0.000208. The number of nitrogens with one attached hydrogen (secondary N) is 1. The van der Waals surface area contributed by atoms with Gasteiger partial charge in [0.1, 0.15) is 0 Å². The highest BCUT2D eigenvalue weighted by Gasteiger charge is 2.24. The molecule has 2 amide bonds. The first-order valence-electron chi connectivity index (χ1n) is 6.57. The largest absolute Gasteiger partial charge is 0.392 e. The molecule has 0 saturated carbocycles. The van der Waals surface area contributed by atoms with E-state index in [9.17, 15) is 9.59 Å². The van der Waals surface area contributed by atoms with E-state index in [-0.39, 0.29) is 17.8 Å². The molecule has 0 aliphatic carbocycles. The van der Waals surface area contributed by atoms with Crippen molar-refractivity contribution in [1.82, 2.24) is 10.3 Å². The Morgan fingerprint density at radius 3 is 2.59 bits per heavy atom. The van der Waals surface area contributed by atoms with Crippen LogP contribution < -0.4 is 5.32 Å². The number of aromatic nitrogens is 1. The van der Waals surface area contributed by atoms with Gasteiger partial charge in [-0.15, -0.1) is 0 Å². The molecule has 1 saturated heterocycles. The van der Waals surface area contributed by atoms with E-state index >= 15 is 0 Å². The van der Waals surface area contributed by atoms with Gasteiger partial charge in [0.05, 0.1) is 17.2 Å². The van der Waals surface area contributed by atoms with E-state index in [1.807, 2.05) is 30.3 Å². The minimum atomic E-state index is -0.374. The number of aliphatic hydroxyl groups is 1. The number of imide groups is 1. The molecule has 110 valence electrons. The van der Waals surface area contributed by atoms with E-state index in [0.29, 0.717) is 4.91 Å². The van der Waals surface area contributed by atoms with Crippen molar-refractivity contribution in [3.05, 3.63) is 58.6 Å². The molecule has 0 radical (unpaired) electrons. The standard InChI is InChI=1S/C16H12N2O3S/c19-9-10-1-3-12(4-2-10)13-7-11(5-6-17-13)8-14-15(20)18-16(21)22-14/h1-8,19H,9H2,(H,18,20,21)/b14-8-. The molecule has 0 unspecified atom stereocenters. The average molecular weight is 312 g/mol. The molecular weight excluding hydrogens is 300 g/mol. The Hall–Kier alpha value is -2.44. The topological polar surface area (TPSA) is 79.3 Å². The van der Waals surface area contributed by atoms with E-state index in [2.05, 4.69) is 10.3 Å². The number of hydrogen-bond donors (Lipinski definition) is 2. The molecule has 0 atom stereocenters. The zero-order chi connectivity index (χ0) is 15.5. The van der Waals surface area contributed by atoms with Gasteiger partial charge in [-0.2, -0.15) is 0 Å². The van der Waals surface area contributed by atoms with Gasteiger partial charge in [0.15, 0.2) is 0 Å². The Kier molecular flexibility index (Phi) is 4.04. The summed E-state index contributed by atoms with van der Waals surface area (Å²) in [4.78, 5) is 27.4. The summed E-state index contributed by atoms with van der Waals surface area (Å²) < 4.78 is 0. The fourth-order valence-corrected chi connectivity index (χ4v) is 2.73. The summed E-state index contributed by atoms with van der Waals surface area (Å²) in [6, 6.07) is 11.0. The average Bonchev–Trinajstić information content (AvgIpc) is 2.85. The number of carbonyl (C=O) groups is 2. The maximum absolute atomic E-state index is 11.6. The van der Waals surface area contributed by atoms with E-state index < -0.39 is 0 Å². The van der Waals surface area contributed by atoms with Crippen LogP contribution in [0.15, 0.2) is 47.5 Å². The van der Waals surface area contributed by atoms with Gasteiger partial charge in [0, 0.05) is 11.8 Å². The van der Waals surface area contributed by atoms with Gasteiger partial charge < -0.3 is 5.11 Å². The Bertz CT molecular complexity index is 769. The number of aliphatic hydroxyl groups excluding tert-OH is 1. The molecule has 1 fully saturated rings. The molecule has 1 aliphatic heterocycles. The predicted molar refractivity (Wildman–Crippen MR) is 84.7 cm³/mol. The third kappa shape index (κ3) is 3.08. The molecule has 3 rings (SSSR count). The number of rotatable bonds is 3. The molecule has 1 aromatic carbocycles. The Balaban J connectivity index is 1.90. The molecular formula is C16H12N2O3S. The van der Waals surface area contributed by atoms with Gasteiger partial charge in [0.25, 0.3) is 11.1 Å². The number of thioether (sulfide) groups is 1. The molecule has 5 nitrogen and oxygen atoms in total. The van der Waals surface area contributed by atoms with Gasteiger partial charge in [-0.05, 0) is 41.1 Å². The van der Waals surface area contributed by atoms with Crippen LogP contribution in [0.5, 0.6) is 0 Å². The third-order valence-corrected chi connectivity index (χ3v) is 3.97. The van der Waals surface area contributed by atoms with Crippen LogP contribution in [0, 0.1) is 0 Å². The normalized spacial score (nSPS) is 16.1. The van der Waals surface area contributed by atoms with Crippen molar-refractivity contribution in [2.45, 2.75) is 6.61 Å². The summed E-state index contributed by atoms with van der Waals surface area (Å²) in [5.41, 5.74) is 3.30. The van der Waals surface area contributed by atoms with Crippen LogP contribution in [0.4, 0.5) is 4.79 Å². The lowest BCUT2D eigenvalue weighted by molar-refractivity contribution is -0.115. The van der Waals surface area contributed by atoms with E-state index in [1.54, 1.807) is 18.3 Å². The van der Waals surface area contributed by atoms with Gasteiger partial charge >= 0.3 is 0 Å². The number of amides is 2. The molecule has 0 bridgehead atoms. The van der Waals surface area contributed by atoms with Gasteiger partial charge in [-0.25, -0.2) is 0 Å². The summed E-state index contributed by atoms with van der Waals surface area (Å²) in [6.45, 7) is 0.000208. The molecule has 1 aromatic heterocycles. The van der Waals surface area contributed by atoms with Crippen LogP contribution in [0.3, 0.4) is 0 Å². The first-order valence-corrected chi connectivity index (χ1v) is 7.38. The number of benzene rings is 1. The van der Waals surface area contributed by atoms with Crippen LogP contribution in [0.2, 0.25) is 0 Å². The molecule has 6 heteroatoms. The summed E-state index contributed by atoms with van der Waals surface area (Å²) in [7, 11) is 0. The fourth-order valence-electron chi connectivity index (χ4n) is 2.05. The molecule has 22 heavy (non-hydrogen) atoms. The summed E-state index contributed by atoms with van der Waals surface area (Å²) >= 11 is 0.888. The van der Waals surface area contributed by atoms with Crippen molar-refractivity contribution in [2.24, 2.45) is 0 Å². The summed E-state index contributed by atoms with van der Waals surface area (Å²) in [5, 5.41) is 10.9. The fraction of sp³-hybridized carbons (Fsp3) is 0.0625. The maximum atomic E-state index is 11.6. The Morgan fingerprint density at radius 1 is 1.18 bits per heavy atom. The molecule has 2 N–H and O–H groups in total. The lowest BCUT2D eigenvalue weighted by Crippen LogP contribution is -2.17. The number of pyridine rings is 1. The lowest BCUT2D eigenvalue weighted by atomic mass is 10.1. The number of carbonyl (C=O) groups excluding carboxylic acids is 2. The summed E-state index contributed by atoms with van der Waals surface area (Å²) in [6.07, 6.45) is 3.32. The second kappa shape index (κ2) is 6.13. The van der Waals surface area contributed by atoms with Gasteiger partial charge in [0.2, 0.25) is 0 Å². The molecule has 1 aliphatic rings. The van der Waals surface area contributed by atoms with Crippen molar-refractivity contribution < 1.29 is 14.7 Å². The van der Waals surface area contributed by atoms with E-state index in [1.165, 1.54) is 0 Å². The van der Waals surface area contributed by atoms with Crippen LogP contribution in [0.1, 0.15) is 11.1 Å². The second-order valence-electron chi connectivity index (χ2n) is 4.68. The van der Waals surface area contributed by atoms with Crippen LogP contribution in [-0.2, 0) is 11.4 Å². The highest BCUT2D eigenvalue weighted by atomic mass is 32.2. The first-order chi connectivity index (χ1) is 10.7. The highest BCUT2D eigenvalue weighted by Crippen LogP contribution is 2.26. The first kappa shape index (κ1) is 14.5. The smallest absolute Gasteiger partial charge is 0.290 e. The number of nitrogens with zero attached hydrogens (tertiary/aromatic N) is 1. The monoisotopic (exact) mass is 312 g/mol. The van der Waals surface area contributed by atoms with E-state index in [0.717, 1.165) is 34.1 Å². The van der Waals surface area contributed by atoms with Crippen molar-refractivity contribution in [3.8, 4) is 11.3 Å². The second-order valence-corrected chi connectivity index (χ2v) is 5.70. The van der Waals surface area contributed by atoms with Gasteiger partial charge in [-0.3, -0.25) is 19.9 Å². The van der Waals surface area contributed by atoms with Crippen molar-refractivity contribution >= 4 is 29.0 Å². The molecule has 0 spiro atoms. The van der Waals surface area contributed by atoms with Crippen LogP contribution in [0.25, 0.3) is 17.3 Å². The van der Waals surface area contributed by atoms with Crippen molar-refractivity contribution in [1.29, 1.82) is 0 Å². The quantitative estimate of drug-likeness (QED) is 0.852.